The molecule has 7 heteroatoms. The minimum Gasteiger partial charge on any atom is -0.249 e. The van der Waals surface area contributed by atoms with Crippen LogP contribution in [0, 0.1) is 5.92 Å². The van der Waals surface area contributed by atoms with E-state index in [1.54, 1.807) is 11.3 Å². The molecule has 1 N–H and O–H groups in total. The highest BCUT2D eigenvalue weighted by Crippen LogP contribution is 2.37. The number of sulfonamides is 1. The van der Waals surface area contributed by atoms with Gasteiger partial charge >= 0.3 is 0 Å². The lowest BCUT2D eigenvalue weighted by atomic mass is 10.0. The summed E-state index contributed by atoms with van der Waals surface area (Å²) in [6.45, 7) is 9.88. The summed E-state index contributed by atoms with van der Waals surface area (Å²) in [4.78, 5) is 5.43. The van der Waals surface area contributed by atoms with Crippen molar-refractivity contribution in [3.63, 3.8) is 0 Å². The Kier molecular flexibility index (Phi) is 6.63. The molecule has 3 aromatic rings. The Labute approximate surface area is 182 Å². The lowest BCUT2D eigenvalue weighted by Crippen LogP contribution is -2.40. The molecular weight excluding hydrogens is 420 g/mol. The molecule has 0 fully saturated rings. The number of thiophene rings is 1. The summed E-state index contributed by atoms with van der Waals surface area (Å²) >= 11 is 3.02. The van der Waals surface area contributed by atoms with Crippen molar-refractivity contribution in [2.24, 2.45) is 5.92 Å². The molecule has 156 valence electrons. The molecule has 0 amide bonds. The minimum absolute atomic E-state index is 0.399. The molecule has 1 aromatic carbocycles. The highest BCUT2D eigenvalue weighted by Gasteiger charge is 2.27. The van der Waals surface area contributed by atoms with Gasteiger partial charge in [0.1, 0.15) is 4.21 Å². The van der Waals surface area contributed by atoms with E-state index < -0.39 is 15.6 Å². The first-order valence-electron chi connectivity index (χ1n) is 9.68. The Bertz CT molecular complexity index is 1040. The number of nitrogens with one attached hydrogen (secondary N) is 1. The highest BCUT2D eigenvalue weighted by molar-refractivity contribution is 7.91. The Balaban J connectivity index is 1.97. The van der Waals surface area contributed by atoms with Crippen molar-refractivity contribution in [2.75, 3.05) is 0 Å². The number of aromatic nitrogens is 1. The van der Waals surface area contributed by atoms with E-state index in [9.17, 15) is 8.42 Å². The zero-order valence-electron chi connectivity index (χ0n) is 17.5. The van der Waals surface area contributed by atoms with Gasteiger partial charge in [-0.1, -0.05) is 38.1 Å². The van der Waals surface area contributed by atoms with Crippen molar-refractivity contribution in [1.29, 1.82) is 0 Å². The normalized spacial score (nSPS) is 12.6. The molecule has 0 aliphatic carbocycles. The molecule has 0 bridgehead atoms. The first-order valence-corrected chi connectivity index (χ1v) is 12.9. The van der Waals surface area contributed by atoms with E-state index in [4.69, 9.17) is 0 Å². The van der Waals surface area contributed by atoms with Crippen molar-refractivity contribution >= 4 is 32.7 Å². The predicted octanol–water partition coefficient (Wildman–Crippen LogP) is 5.74. The van der Waals surface area contributed by atoms with E-state index in [0.717, 1.165) is 33.9 Å². The Morgan fingerprint density at radius 3 is 2.38 bits per heavy atom. The average Bonchev–Trinajstić information content (AvgIpc) is 3.23. The molecule has 0 saturated heterocycles. The quantitative estimate of drug-likeness (QED) is 0.501. The SMILES string of the molecule is CC(C)Cc1cc(-c2ccc(Cc3nccs3)cc2)c(S(=O)(=O)NC(C)(C)C)s1. The molecule has 4 nitrogen and oxygen atoms in total. The molecule has 0 aliphatic rings. The highest BCUT2D eigenvalue weighted by atomic mass is 32.2. The van der Waals surface area contributed by atoms with Crippen LogP contribution in [0.4, 0.5) is 0 Å². The van der Waals surface area contributed by atoms with Crippen LogP contribution in [0.2, 0.25) is 0 Å². The van der Waals surface area contributed by atoms with Crippen molar-refractivity contribution in [3.05, 3.63) is 57.4 Å². The second-order valence-corrected chi connectivity index (χ2v) is 12.7. The van der Waals surface area contributed by atoms with Gasteiger partial charge in [-0.05, 0) is 50.3 Å². The van der Waals surface area contributed by atoms with Gasteiger partial charge in [0.15, 0.2) is 0 Å². The first-order chi connectivity index (χ1) is 13.5. The second kappa shape index (κ2) is 8.68. The Hall–Kier alpha value is -1.54. The van der Waals surface area contributed by atoms with Crippen molar-refractivity contribution in [2.45, 2.75) is 57.2 Å². The molecule has 0 spiro atoms. The number of thiazole rings is 1. The summed E-state index contributed by atoms with van der Waals surface area (Å²) < 4.78 is 29.4. The van der Waals surface area contributed by atoms with Crippen LogP contribution in [0.5, 0.6) is 0 Å². The predicted molar refractivity (Wildman–Crippen MR) is 123 cm³/mol. The van der Waals surface area contributed by atoms with Gasteiger partial charge < -0.3 is 0 Å². The third-order valence-corrected chi connectivity index (χ3v) is 8.38. The van der Waals surface area contributed by atoms with Crippen LogP contribution in [0.25, 0.3) is 11.1 Å². The van der Waals surface area contributed by atoms with Crippen molar-refractivity contribution < 1.29 is 8.42 Å². The van der Waals surface area contributed by atoms with E-state index in [1.165, 1.54) is 16.9 Å². The van der Waals surface area contributed by atoms with E-state index in [1.807, 2.05) is 50.5 Å². The topological polar surface area (TPSA) is 59.1 Å². The van der Waals surface area contributed by atoms with Crippen LogP contribution in [0.3, 0.4) is 0 Å². The maximum absolute atomic E-state index is 13.1. The van der Waals surface area contributed by atoms with Gasteiger partial charge in [0.05, 0.1) is 5.01 Å². The fourth-order valence-corrected chi connectivity index (χ4v) is 7.11. The van der Waals surface area contributed by atoms with E-state index >= 15 is 0 Å². The standard InChI is InChI=1S/C22H28N2O2S3/c1-15(2)12-18-14-19(21(28-18)29(25,26)24-22(3,4)5)17-8-6-16(7-9-17)13-20-23-10-11-27-20/h6-11,14-15,24H,12-13H2,1-5H3. The lowest BCUT2D eigenvalue weighted by molar-refractivity contribution is 0.493. The summed E-state index contributed by atoms with van der Waals surface area (Å²) in [5, 5.41) is 3.05. The fraction of sp³-hybridized carbons (Fsp3) is 0.409. The van der Waals surface area contributed by atoms with Gasteiger partial charge in [0.25, 0.3) is 10.0 Å². The third-order valence-electron chi connectivity index (χ3n) is 4.15. The summed E-state index contributed by atoms with van der Waals surface area (Å²) in [5.41, 5.74) is 2.34. The Morgan fingerprint density at radius 2 is 1.83 bits per heavy atom. The molecule has 2 aromatic heterocycles. The lowest BCUT2D eigenvalue weighted by Gasteiger charge is -2.20. The van der Waals surface area contributed by atoms with E-state index in [2.05, 4.69) is 35.7 Å². The van der Waals surface area contributed by atoms with E-state index in [-0.39, 0.29) is 0 Å². The molecule has 0 saturated carbocycles. The second-order valence-electron chi connectivity index (χ2n) is 8.67. The van der Waals surface area contributed by atoms with Crippen LogP contribution in [-0.4, -0.2) is 18.9 Å². The molecule has 0 radical (unpaired) electrons. The first kappa shape index (κ1) is 22.2. The van der Waals surface area contributed by atoms with Crippen molar-refractivity contribution in [3.8, 4) is 11.1 Å². The minimum atomic E-state index is -3.60. The molecular formula is C22H28N2O2S3. The summed E-state index contributed by atoms with van der Waals surface area (Å²) in [6.07, 6.45) is 3.47. The molecule has 0 atom stereocenters. The number of hydrogen-bond acceptors (Lipinski definition) is 5. The summed E-state index contributed by atoms with van der Waals surface area (Å²) in [7, 11) is -3.60. The molecule has 3 rings (SSSR count). The fourth-order valence-electron chi connectivity index (χ4n) is 3.09. The third kappa shape index (κ3) is 5.98. The summed E-state index contributed by atoms with van der Waals surface area (Å²) in [6, 6.07) is 10.2. The molecule has 2 heterocycles. The average molecular weight is 449 g/mol. The van der Waals surface area contributed by atoms with Crippen LogP contribution in [0.15, 0.2) is 46.1 Å². The zero-order chi connectivity index (χ0) is 21.2. The molecule has 29 heavy (non-hydrogen) atoms. The van der Waals surface area contributed by atoms with Crippen LogP contribution in [-0.2, 0) is 22.9 Å². The number of rotatable bonds is 7. The van der Waals surface area contributed by atoms with Gasteiger partial charge in [-0.15, -0.1) is 22.7 Å². The van der Waals surface area contributed by atoms with Gasteiger partial charge in [-0.2, -0.15) is 0 Å². The van der Waals surface area contributed by atoms with Crippen LogP contribution in [0.1, 0.15) is 50.1 Å². The van der Waals surface area contributed by atoms with E-state index in [0.29, 0.717) is 10.1 Å². The Morgan fingerprint density at radius 1 is 1.14 bits per heavy atom. The summed E-state index contributed by atoms with van der Waals surface area (Å²) in [5.74, 6) is 0.466. The van der Waals surface area contributed by atoms with Gasteiger partial charge in [0, 0.05) is 34.0 Å². The largest absolute Gasteiger partial charge is 0.251 e. The monoisotopic (exact) mass is 448 g/mol. The number of hydrogen-bond donors (Lipinski definition) is 1. The smallest absolute Gasteiger partial charge is 0.249 e. The van der Waals surface area contributed by atoms with Gasteiger partial charge in [0.2, 0.25) is 0 Å². The van der Waals surface area contributed by atoms with Crippen LogP contribution >= 0.6 is 22.7 Å². The number of nitrogens with zero attached hydrogens (tertiary/aromatic N) is 1. The molecule has 0 unspecified atom stereocenters. The molecule has 0 aliphatic heterocycles. The maximum atomic E-state index is 13.1. The van der Waals surface area contributed by atoms with Crippen molar-refractivity contribution in [1.82, 2.24) is 9.71 Å². The van der Waals surface area contributed by atoms with Gasteiger partial charge in [-0.25, -0.2) is 18.1 Å². The zero-order valence-corrected chi connectivity index (χ0v) is 20.0. The number of benzene rings is 1. The van der Waals surface area contributed by atoms with Crippen LogP contribution < -0.4 is 4.72 Å². The van der Waals surface area contributed by atoms with Gasteiger partial charge in [-0.3, -0.25) is 0 Å². The maximum Gasteiger partial charge on any atom is 0.251 e.